The topological polar surface area (TPSA) is 80.5 Å². The average Bonchev–Trinajstić information content (AvgIpc) is 2.81. The van der Waals surface area contributed by atoms with Crippen molar-refractivity contribution >= 4 is 38.9 Å². The van der Waals surface area contributed by atoms with Gasteiger partial charge in [-0.2, -0.15) is 0 Å². The minimum atomic E-state index is -3.44. The summed E-state index contributed by atoms with van der Waals surface area (Å²) in [5, 5.41) is 0.602. The number of amides is 1. The van der Waals surface area contributed by atoms with E-state index in [-0.39, 0.29) is 29.9 Å². The van der Waals surface area contributed by atoms with E-state index in [0.717, 1.165) is 11.1 Å². The number of allylic oxidation sites excluding steroid dienone is 3. The summed E-state index contributed by atoms with van der Waals surface area (Å²) in [6.07, 6.45) is 9.89. The molecule has 2 heterocycles. The van der Waals surface area contributed by atoms with Crippen LogP contribution in [0.2, 0.25) is 5.02 Å². The smallest absolute Gasteiger partial charge is 0.243 e. The number of nitrogens with two attached hydrogens (primary N) is 1. The Morgan fingerprint density at radius 3 is 2.64 bits per heavy atom. The van der Waals surface area contributed by atoms with Crippen molar-refractivity contribution in [3.63, 3.8) is 0 Å². The fourth-order valence-electron chi connectivity index (χ4n) is 5.24. The zero-order valence-corrected chi connectivity index (χ0v) is 23.7. The first-order valence-electron chi connectivity index (χ1n) is 12.3. The Hall–Kier alpha value is -1.86. The van der Waals surface area contributed by atoms with E-state index in [1.165, 1.54) is 0 Å². The molecule has 1 saturated heterocycles. The van der Waals surface area contributed by atoms with Crippen molar-refractivity contribution in [1.29, 1.82) is 0 Å². The number of carbonyl (C=O) groups excluding carboxylic acids is 1. The number of halogens is 2. The van der Waals surface area contributed by atoms with Crippen LogP contribution < -0.4 is 5.73 Å². The summed E-state index contributed by atoms with van der Waals surface area (Å²) in [5.74, 6) is -0.807. The molecule has 2 aliphatic rings. The largest absolute Gasteiger partial charge is 0.329 e. The van der Waals surface area contributed by atoms with E-state index in [0.29, 0.717) is 16.5 Å². The monoisotopic (exact) mass is 550 g/mol. The summed E-state index contributed by atoms with van der Waals surface area (Å²) in [4.78, 5) is 15.9. The number of carbonyl (C=O) groups is 1. The third-order valence-electron chi connectivity index (χ3n) is 7.30. The van der Waals surface area contributed by atoms with Gasteiger partial charge in [-0.3, -0.25) is 4.79 Å². The SMILES string of the molecule is C=CC[C@@]1(N)CC(c2cccc(Cl)c2)C2C(/C=C\C(Cl)=C/C)=CC(C)[C@@H](CS(=O)(=O)C(C)C)N2C1=O. The van der Waals surface area contributed by atoms with Crippen LogP contribution >= 0.6 is 23.2 Å². The number of benzene rings is 1. The lowest BCUT2D eigenvalue weighted by atomic mass is 9.68. The fraction of sp³-hybridized carbons (Fsp3) is 0.464. The second-order valence-electron chi connectivity index (χ2n) is 10.2. The molecule has 36 heavy (non-hydrogen) atoms. The summed E-state index contributed by atoms with van der Waals surface area (Å²) < 4.78 is 26.2. The molecule has 5 nitrogen and oxygen atoms in total. The number of nitrogens with zero attached hydrogens (tertiary/aromatic N) is 1. The highest BCUT2D eigenvalue weighted by Crippen LogP contribution is 2.46. The van der Waals surface area contributed by atoms with Crippen molar-refractivity contribution in [1.82, 2.24) is 4.90 Å². The molecular formula is C28H36Cl2N2O3S. The van der Waals surface area contributed by atoms with Gasteiger partial charge in [-0.15, -0.1) is 6.58 Å². The zero-order valence-electron chi connectivity index (χ0n) is 21.3. The van der Waals surface area contributed by atoms with Gasteiger partial charge < -0.3 is 10.6 Å². The van der Waals surface area contributed by atoms with Gasteiger partial charge in [0.1, 0.15) is 0 Å². The molecule has 1 aromatic carbocycles. The Bertz CT molecular complexity index is 1200. The predicted molar refractivity (Wildman–Crippen MR) is 150 cm³/mol. The molecule has 196 valence electrons. The Balaban J connectivity index is 2.26. The quantitative estimate of drug-likeness (QED) is 0.329. The Morgan fingerprint density at radius 1 is 1.36 bits per heavy atom. The number of piperidine rings is 1. The number of sulfone groups is 1. The van der Waals surface area contributed by atoms with E-state index in [2.05, 4.69) is 12.7 Å². The van der Waals surface area contributed by atoms with Crippen LogP contribution in [0, 0.1) is 5.92 Å². The first kappa shape index (κ1) is 28.7. The predicted octanol–water partition coefficient (Wildman–Crippen LogP) is 5.76. The molecule has 5 atom stereocenters. The molecule has 2 aliphatic heterocycles. The highest BCUT2D eigenvalue weighted by molar-refractivity contribution is 7.92. The highest BCUT2D eigenvalue weighted by atomic mass is 35.5. The van der Waals surface area contributed by atoms with Gasteiger partial charge in [0.05, 0.1) is 28.6 Å². The van der Waals surface area contributed by atoms with Gasteiger partial charge in [0.25, 0.3) is 0 Å². The molecule has 0 saturated carbocycles. The van der Waals surface area contributed by atoms with E-state index < -0.39 is 32.7 Å². The summed E-state index contributed by atoms with van der Waals surface area (Å²) >= 11 is 12.6. The molecule has 0 aromatic heterocycles. The van der Waals surface area contributed by atoms with Crippen LogP contribution in [0.15, 0.2) is 71.8 Å². The molecule has 2 N–H and O–H groups in total. The highest BCUT2D eigenvalue weighted by Gasteiger charge is 2.54. The van der Waals surface area contributed by atoms with Crippen LogP contribution in [0.5, 0.6) is 0 Å². The van der Waals surface area contributed by atoms with Gasteiger partial charge in [-0.05, 0) is 68.9 Å². The van der Waals surface area contributed by atoms with Crippen molar-refractivity contribution in [3.8, 4) is 0 Å². The number of hydrogen-bond acceptors (Lipinski definition) is 4. The molecule has 1 fully saturated rings. The standard InChI is InChI=1S/C28H36Cl2N2O3S/c1-6-13-28(31)16-24(20-9-8-10-23(30)15-20)26-21(11-12-22(29)7-2)14-19(5)25(32(26)27(28)33)17-36(34,35)18(3)4/h6-12,14-15,18-19,24-26H,1,13,16-17,31H2,2-5H3/b12-11-,22-7+/t19?,24?,25-,26?,28-/m1/s1. The summed E-state index contributed by atoms with van der Waals surface area (Å²) in [6, 6.07) is 6.59. The number of rotatable bonds is 8. The second kappa shape index (κ2) is 11.3. The summed E-state index contributed by atoms with van der Waals surface area (Å²) in [7, 11) is -3.44. The molecule has 1 amide bonds. The van der Waals surface area contributed by atoms with Crippen LogP contribution in [0.1, 0.15) is 52.0 Å². The Kier molecular flexibility index (Phi) is 8.98. The van der Waals surface area contributed by atoms with Crippen molar-refractivity contribution in [2.75, 3.05) is 5.75 Å². The lowest BCUT2D eigenvalue weighted by Crippen LogP contribution is -2.69. The van der Waals surface area contributed by atoms with E-state index >= 15 is 0 Å². The van der Waals surface area contributed by atoms with Crippen LogP contribution in [0.4, 0.5) is 0 Å². The van der Waals surface area contributed by atoms with Gasteiger partial charge in [-0.25, -0.2) is 8.42 Å². The zero-order chi connectivity index (χ0) is 26.8. The van der Waals surface area contributed by atoms with E-state index in [9.17, 15) is 13.2 Å². The van der Waals surface area contributed by atoms with Crippen LogP contribution in [0.3, 0.4) is 0 Å². The van der Waals surface area contributed by atoms with Crippen LogP contribution in [0.25, 0.3) is 0 Å². The van der Waals surface area contributed by atoms with Crippen molar-refractivity contribution < 1.29 is 13.2 Å². The maximum atomic E-state index is 14.1. The minimum absolute atomic E-state index is 0.135. The maximum Gasteiger partial charge on any atom is 0.243 e. The minimum Gasteiger partial charge on any atom is -0.329 e. The third kappa shape index (κ3) is 5.83. The van der Waals surface area contributed by atoms with Gasteiger partial charge in [-0.1, -0.05) is 66.6 Å². The summed E-state index contributed by atoms with van der Waals surface area (Å²) in [5.41, 5.74) is 7.43. The molecule has 3 rings (SSSR count). The first-order valence-corrected chi connectivity index (χ1v) is 14.7. The number of fused-ring (bicyclic) bond motifs is 1. The molecule has 0 aliphatic carbocycles. The molecule has 1 aromatic rings. The number of hydrogen-bond donors (Lipinski definition) is 1. The van der Waals surface area contributed by atoms with Gasteiger partial charge in [0, 0.05) is 16.0 Å². The van der Waals surface area contributed by atoms with Crippen molar-refractivity contribution in [2.24, 2.45) is 11.7 Å². The molecule has 3 unspecified atom stereocenters. The normalized spacial score (nSPS) is 29.4. The van der Waals surface area contributed by atoms with Gasteiger partial charge in [0.15, 0.2) is 9.84 Å². The van der Waals surface area contributed by atoms with Crippen molar-refractivity contribution in [2.45, 2.75) is 69.3 Å². The Labute approximate surface area is 225 Å². The maximum absolute atomic E-state index is 14.1. The average molecular weight is 552 g/mol. The lowest BCUT2D eigenvalue weighted by Gasteiger charge is -2.55. The fourth-order valence-corrected chi connectivity index (χ4v) is 6.83. The molecule has 0 radical (unpaired) electrons. The molecule has 0 spiro atoms. The lowest BCUT2D eigenvalue weighted by molar-refractivity contribution is -0.147. The molecular weight excluding hydrogens is 515 g/mol. The first-order chi connectivity index (χ1) is 16.8. The van der Waals surface area contributed by atoms with E-state index in [1.807, 2.05) is 38.1 Å². The molecule has 0 bridgehead atoms. The van der Waals surface area contributed by atoms with E-state index in [4.69, 9.17) is 28.9 Å². The Morgan fingerprint density at radius 2 is 2.06 bits per heavy atom. The van der Waals surface area contributed by atoms with Crippen molar-refractivity contribution in [3.05, 3.63) is 82.4 Å². The van der Waals surface area contributed by atoms with Crippen LogP contribution in [-0.2, 0) is 14.6 Å². The third-order valence-corrected chi connectivity index (χ3v) is 10.1. The van der Waals surface area contributed by atoms with E-state index in [1.54, 1.807) is 43.0 Å². The second-order valence-corrected chi connectivity index (χ2v) is 13.6. The van der Waals surface area contributed by atoms with Gasteiger partial charge in [0.2, 0.25) is 5.91 Å². The summed E-state index contributed by atoms with van der Waals surface area (Å²) in [6.45, 7) is 11.0. The van der Waals surface area contributed by atoms with Crippen LogP contribution in [-0.4, -0.2) is 47.9 Å². The molecule has 8 heteroatoms. The van der Waals surface area contributed by atoms with Gasteiger partial charge >= 0.3 is 0 Å².